The van der Waals surface area contributed by atoms with E-state index in [4.69, 9.17) is 0 Å². The van der Waals surface area contributed by atoms with Gasteiger partial charge in [0.2, 0.25) is 0 Å². The van der Waals surface area contributed by atoms with Gasteiger partial charge in [0.25, 0.3) is 0 Å². The van der Waals surface area contributed by atoms with Crippen molar-refractivity contribution in [2.24, 2.45) is 0 Å². The maximum atomic E-state index is 12.6. The van der Waals surface area contributed by atoms with Gasteiger partial charge in [-0.25, -0.2) is 4.79 Å². The van der Waals surface area contributed by atoms with Crippen molar-refractivity contribution in [1.82, 2.24) is 9.13 Å². The van der Waals surface area contributed by atoms with Gasteiger partial charge in [0.1, 0.15) is 5.69 Å². The molecule has 0 radical (unpaired) electrons. The highest BCUT2D eigenvalue weighted by Crippen LogP contribution is 2.31. The van der Waals surface area contributed by atoms with Gasteiger partial charge < -0.3 is 0 Å². The largest absolute Gasteiger partial charge is 0.333 e. The average Bonchev–Trinajstić information content (AvgIpc) is 2.61. The number of benzene rings is 1. The van der Waals surface area contributed by atoms with Gasteiger partial charge in [-0.05, 0) is 25.5 Å². The van der Waals surface area contributed by atoms with Gasteiger partial charge in [-0.2, -0.15) is 0 Å². The summed E-state index contributed by atoms with van der Waals surface area (Å²) >= 11 is 1.50. The number of carbonyl (C=O) groups is 1. The number of Topliss-reactive ketones (excluding diaryl/α,β-unsaturated/α-hetero) is 1. The van der Waals surface area contributed by atoms with Crippen LogP contribution in [-0.2, 0) is 6.54 Å². The molecule has 0 unspecified atom stereocenters. The maximum absolute atomic E-state index is 12.6. The van der Waals surface area contributed by atoms with E-state index in [1.54, 1.807) is 9.13 Å². The molecule has 1 aromatic carbocycles. The van der Waals surface area contributed by atoms with Crippen molar-refractivity contribution in [1.29, 1.82) is 0 Å². The van der Waals surface area contributed by atoms with Crippen LogP contribution in [0.2, 0.25) is 0 Å². The van der Waals surface area contributed by atoms with Crippen LogP contribution < -0.4 is 5.69 Å². The van der Waals surface area contributed by atoms with Gasteiger partial charge in [0.15, 0.2) is 5.78 Å². The molecule has 1 aromatic heterocycles. The number of nitrogens with zero attached hydrogens (tertiary/aromatic N) is 2. The predicted octanol–water partition coefficient (Wildman–Crippen LogP) is 2.65. The van der Waals surface area contributed by atoms with E-state index in [2.05, 4.69) is 0 Å². The van der Waals surface area contributed by atoms with Gasteiger partial charge in [-0.3, -0.25) is 13.9 Å². The second-order valence-corrected chi connectivity index (χ2v) is 5.90. The van der Waals surface area contributed by atoms with Crippen LogP contribution in [0.5, 0.6) is 0 Å². The van der Waals surface area contributed by atoms with Gasteiger partial charge in [-0.1, -0.05) is 19.1 Å². The summed E-state index contributed by atoms with van der Waals surface area (Å²) in [6.07, 6.45) is 0.870. The molecule has 2 heterocycles. The summed E-state index contributed by atoms with van der Waals surface area (Å²) in [6, 6.07) is 7.70. The molecule has 1 aliphatic heterocycles. The third-order valence-corrected chi connectivity index (χ3v) is 4.63. The Hall–Kier alpha value is -1.75. The minimum Gasteiger partial charge on any atom is -0.296 e. The molecule has 0 fully saturated rings. The third-order valence-electron chi connectivity index (χ3n) is 3.57. The van der Waals surface area contributed by atoms with Crippen molar-refractivity contribution < 1.29 is 4.79 Å². The van der Waals surface area contributed by atoms with Crippen LogP contribution in [0.1, 0.15) is 29.5 Å². The molecule has 4 nitrogen and oxygen atoms in total. The predicted molar refractivity (Wildman–Crippen MR) is 80.1 cm³/mol. The van der Waals surface area contributed by atoms with Crippen molar-refractivity contribution in [3.63, 3.8) is 0 Å². The Balaban J connectivity index is 2.37. The molecular formula is C15H16N2O2S. The Labute approximate surface area is 121 Å². The first-order valence-electron chi connectivity index (χ1n) is 6.72. The normalized spacial score (nSPS) is 13.8. The van der Waals surface area contributed by atoms with Crippen LogP contribution in [0.15, 0.2) is 34.0 Å². The molecule has 0 N–H and O–H groups in total. The highest BCUT2D eigenvalue weighted by atomic mass is 32.2. The zero-order valence-corrected chi connectivity index (χ0v) is 12.4. The van der Waals surface area contributed by atoms with Crippen molar-refractivity contribution in [2.75, 3.05) is 5.75 Å². The monoisotopic (exact) mass is 288 g/mol. The number of fused-ring (bicyclic) bond motifs is 3. The molecule has 0 bridgehead atoms. The van der Waals surface area contributed by atoms with E-state index in [1.165, 1.54) is 11.8 Å². The molecule has 104 valence electrons. The molecule has 0 spiro atoms. The number of hydrogen-bond donors (Lipinski definition) is 0. The van der Waals surface area contributed by atoms with Crippen LogP contribution >= 0.6 is 11.8 Å². The lowest BCUT2D eigenvalue weighted by atomic mass is 10.2. The third kappa shape index (κ3) is 1.85. The summed E-state index contributed by atoms with van der Waals surface area (Å²) in [5.41, 5.74) is 2.03. The highest BCUT2D eigenvalue weighted by Gasteiger charge is 2.27. The molecule has 1 aliphatic rings. The number of imidazole rings is 1. The van der Waals surface area contributed by atoms with Gasteiger partial charge in [0, 0.05) is 17.1 Å². The van der Waals surface area contributed by atoms with Gasteiger partial charge >= 0.3 is 5.69 Å². The van der Waals surface area contributed by atoms with Gasteiger partial charge in [0.05, 0.1) is 11.4 Å². The fourth-order valence-corrected chi connectivity index (χ4v) is 3.57. The SMILES string of the molecule is CCCn1c(C)c2n(c1=O)-c1ccccc1SCC2=O. The molecule has 0 atom stereocenters. The highest BCUT2D eigenvalue weighted by molar-refractivity contribution is 8.00. The molecule has 0 amide bonds. The van der Waals surface area contributed by atoms with Crippen LogP contribution in [0.25, 0.3) is 5.69 Å². The minimum absolute atomic E-state index is 0.0238. The standard InChI is InChI=1S/C15H16N2O2S/c1-3-8-16-10(2)14-12(18)9-20-13-7-5-4-6-11(13)17(14)15(16)19/h4-7H,3,8-9H2,1-2H3. The van der Waals surface area contributed by atoms with Crippen molar-refractivity contribution >= 4 is 17.5 Å². The summed E-state index contributed by atoms with van der Waals surface area (Å²) in [5, 5.41) is 0. The van der Waals surface area contributed by atoms with E-state index < -0.39 is 0 Å². The molecule has 20 heavy (non-hydrogen) atoms. The number of rotatable bonds is 2. The number of aromatic nitrogens is 2. The fourth-order valence-electron chi connectivity index (χ4n) is 2.66. The molecule has 0 saturated heterocycles. The zero-order chi connectivity index (χ0) is 14.3. The Bertz CT molecular complexity index is 743. The summed E-state index contributed by atoms with van der Waals surface area (Å²) in [6.45, 7) is 4.53. The second-order valence-electron chi connectivity index (χ2n) is 4.88. The summed E-state index contributed by atoms with van der Waals surface area (Å²) in [7, 11) is 0. The number of ketones is 1. The molecule has 0 saturated carbocycles. The quantitative estimate of drug-likeness (QED) is 0.853. The molecule has 0 aliphatic carbocycles. The lowest BCUT2D eigenvalue weighted by molar-refractivity contribution is 0.101. The van der Waals surface area contributed by atoms with Crippen molar-refractivity contribution in [3.8, 4) is 5.69 Å². The molecule has 2 aromatic rings. The zero-order valence-electron chi connectivity index (χ0n) is 11.5. The van der Waals surface area contributed by atoms with Crippen molar-refractivity contribution in [2.45, 2.75) is 31.7 Å². The van der Waals surface area contributed by atoms with E-state index in [1.807, 2.05) is 38.1 Å². The second kappa shape index (κ2) is 4.98. The van der Waals surface area contributed by atoms with E-state index in [0.29, 0.717) is 18.0 Å². The smallest absolute Gasteiger partial charge is 0.296 e. The molecular weight excluding hydrogens is 272 g/mol. The number of carbonyl (C=O) groups excluding carboxylic acids is 1. The van der Waals surface area contributed by atoms with E-state index in [-0.39, 0.29) is 11.5 Å². The number of para-hydroxylation sites is 1. The van der Waals surface area contributed by atoms with Gasteiger partial charge in [-0.15, -0.1) is 11.8 Å². The first-order valence-corrected chi connectivity index (χ1v) is 7.71. The Kier molecular flexibility index (Phi) is 3.30. The lowest BCUT2D eigenvalue weighted by Crippen LogP contribution is -2.24. The summed E-state index contributed by atoms with van der Waals surface area (Å²) in [4.78, 5) is 26.0. The van der Waals surface area contributed by atoms with Crippen molar-refractivity contribution in [3.05, 3.63) is 46.1 Å². The average molecular weight is 288 g/mol. The van der Waals surface area contributed by atoms with E-state index in [0.717, 1.165) is 22.7 Å². The fraction of sp³-hybridized carbons (Fsp3) is 0.333. The van der Waals surface area contributed by atoms with E-state index >= 15 is 0 Å². The Morgan fingerprint density at radius 1 is 1.25 bits per heavy atom. The topological polar surface area (TPSA) is 44.0 Å². The summed E-state index contributed by atoms with van der Waals surface area (Å²) < 4.78 is 3.29. The Morgan fingerprint density at radius 3 is 2.75 bits per heavy atom. The first kappa shape index (κ1) is 13.2. The Morgan fingerprint density at radius 2 is 2.00 bits per heavy atom. The number of hydrogen-bond acceptors (Lipinski definition) is 3. The molecule has 5 heteroatoms. The summed E-state index contributed by atoms with van der Waals surface area (Å²) in [5.74, 6) is 0.406. The maximum Gasteiger partial charge on any atom is 0.333 e. The number of thioether (sulfide) groups is 1. The minimum atomic E-state index is -0.109. The lowest BCUT2D eigenvalue weighted by Gasteiger charge is -2.06. The van der Waals surface area contributed by atoms with Crippen LogP contribution in [-0.4, -0.2) is 20.7 Å². The van der Waals surface area contributed by atoms with Crippen LogP contribution in [0.4, 0.5) is 0 Å². The first-order chi connectivity index (χ1) is 9.65. The van der Waals surface area contributed by atoms with E-state index in [9.17, 15) is 9.59 Å². The molecule has 3 rings (SSSR count). The van der Waals surface area contributed by atoms with Crippen LogP contribution in [0, 0.1) is 6.92 Å². The van der Waals surface area contributed by atoms with Crippen LogP contribution in [0.3, 0.4) is 0 Å².